The van der Waals surface area contributed by atoms with Crippen LogP contribution in [0.15, 0.2) is 12.2 Å². The molecule has 7 atom stereocenters. The maximum atomic E-state index is 12.7. The summed E-state index contributed by atoms with van der Waals surface area (Å²) in [4.78, 5) is 24.2. The van der Waals surface area contributed by atoms with Gasteiger partial charge in [0, 0.05) is 18.8 Å². The molecule has 0 aromatic heterocycles. The van der Waals surface area contributed by atoms with Crippen LogP contribution in [-0.2, 0) is 19.1 Å². The highest BCUT2D eigenvalue weighted by Gasteiger charge is 2.70. The highest BCUT2D eigenvalue weighted by molar-refractivity contribution is 5.86. The van der Waals surface area contributed by atoms with Gasteiger partial charge in [-0.1, -0.05) is 26.0 Å². The highest BCUT2D eigenvalue weighted by Crippen LogP contribution is 2.51. The molecule has 2 aliphatic rings. The van der Waals surface area contributed by atoms with E-state index in [1.807, 2.05) is 26.0 Å². The minimum Gasteiger partial charge on any atom is -0.396 e. The molecule has 142 valence electrons. The Labute approximate surface area is 147 Å². The Bertz CT molecular complexity index is 532. The molecule has 2 heterocycles. The van der Waals surface area contributed by atoms with E-state index in [0.717, 1.165) is 0 Å². The zero-order chi connectivity index (χ0) is 18.8. The second kappa shape index (κ2) is 8.05. The Morgan fingerprint density at radius 2 is 2.08 bits per heavy atom. The van der Waals surface area contributed by atoms with Gasteiger partial charge in [0.25, 0.3) is 0 Å². The number of carbonyl (C=O) groups is 2. The molecule has 0 aliphatic carbocycles. The van der Waals surface area contributed by atoms with Gasteiger partial charge in [-0.25, -0.2) is 0 Å². The number of ether oxygens (including phenoxy) is 2. The Hall–Kier alpha value is -1.12. The summed E-state index contributed by atoms with van der Waals surface area (Å²) in [6.45, 7) is 4.85. The molecule has 0 bridgehead atoms. The molecule has 2 rings (SSSR count). The average Bonchev–Trinajstić information content (AvgIpc) is 3.22. The minimum atomic E-state index is -1.27. The molecular weight excluding hydrogens is 328 g/mol. The van der Waals surface area contributed by atoms with Crippen molar-refractivity contribution >= 4 is 11.6 Å². The monoisotopic (exact) mass is 356 g/mol. The zero-order valence-electron chi connectivity index (χ0n) is 14.9. The summed E-state index contributed by atoms with van der Waals surface area (Å²) in [6, 6.07) is 0. The third-order valence-corrected chi connectivity index (χ3v) is 5.13. The van der Waals surface area contributed by atoms with E-state index >= 15 is 0 Å². The van der Waals surface area contributed by atoms with Crippen molar-refractivity contribution in [2.75, 3.05) is 13.2 Å². The van der Waals surface area contributed by atoms with E-state index in [1.54, 1.807) is 6.92 Å². The van der Waals surface area contributed by atoms with Gasteiger partial charge in [0.1, 0.15) is 23.8 Å². The van der Waals surface area contributed by atoms with Crippen molar-refractivity contribution in [3.05, 3.63) is 12.2 Å². The van der Waals surface area contributed by atoms with Gasteiger partial charge in [0.2, 0.25) is 5.79 Å². The SMILES string of the molecule is C/C=C\[C@H](C)[C@H]1O[C@@]12OC[C@@H](C(=O)[C@@H](CO)C(O)CC(=O)CC)[C@@H]2O. The fourth-order valence-electron chi connectivity index (χ4n) is 3.51. The lowest BCUT2D eigenvalue weighted by Gasteiger charge is -2.23. The molecule has 0 saturated carbocycles. The summed E-state index contributed by atoms with van der Waals surface area (Å²) >= 11 is 0. The van der Waals surface area contributed by atoms with Crippen LogP contribution in [0.4, 0.5) is 0 Å². The second-order valence-corrected chi connectivity index (χ2v) is 6.86. The number of carbonyl (C=O) groups excluding carboxylic acids is 2. The van der Waals surface area contributed by atoms with E-state index in [2.05, 4.69) is 0 Å². The maximum absolute atomic E-state index is 12.7. The number of hydrogen-bond donors (Lipinski definition) is 3. The van der Waals surface area contributed by atoms with Crippen LogP contribution in [0.3, 0.4) is 0 Å². The Morgan fingerprint density at radius 1 is 1.40 bits per heavy atom. The standard InChI is InChI=1S/C18H28O7/c1-4-6-10(3)17-18(25-17)16(23)13(9-24-18)15(22)12(8-19)14(21)7-11(20)5-2/h4,6,10,12-14,16-17,19,21,23H,5,7-9H2,1-3H3/b6-4-/t10-,12-,13-,14?,16-,17+,18+/m0/s1. The molecule has 2 saturated heterocycles. The number of epoxide rings is 1. The van der Waals surface area contributed by atoms with Crippen molar-refractivity contribution < 1.29 is 34.4 Å². The number of allylic oxidation sites excluding steroid dienone is 1. The fourth-order valence-corrected chi connectivity index (χ4v) is 3.51. The second-order valence-electron chi connectivity index (χ2n) is 6.86. The van der Waals surface area contributed by atoms with Gasteiger partial charge in [-0.15, -0.1) is 0 Å². The topological polar surface area (TPSA) is 117 Å². The van der Waals surface area contributed by atoms with Gasteiger partial charge in [-0.3, -0.25) is 9.59 Å². The molecular formula is C18H28O7. The van der Waals surface area contributed by atoms with Crippen LogP contribution in [0.5, 0.6) is 0 Å². The third kappa shape index (κ3) is 3.85. The minimum absolute atomic E-state index is 0.0231. The number of hydrogen-bond acceptors (Lipinski definition) is 7. The normalized spacial score (nSPS) is 35.0. The first-order chi connectivity index (χ1) is 11.8. The Kier molecular flexibility index (Phi) is 6.51. The first kappa shape index (κ1) is 20.2. The van der Waals surface area contributed by atoms with Gasteiger partial charge < -0.3 is 24.8 Å². The molecule has 0 aromatic rings. The summed E-state index contributed by atoms with van der Waals surface area (Å²) < 4.78 is 11.2. The van der Waals surface area contributed by atoms with Gasteiger partial charge in [0.15, 0.2) is 0 Å². The lowest BCUT2D eigenvalue weighted by Crippen LogP contribution is -2.43. The lowest BCUT2D eigenvalue weighted by atomic mass is 9.83. The smallest absolute Gasteiger partial charge is 0.223 e. The molecule has 7 nitrogen and oxygen atoms in total. The van der Waals surface area contributed by atoms with Crippen molar-refractivity contribution in [2.45, 2.75) is 57.7 Å². The molecule has 0 aromatic carbocycles. The molecule has 0 amide bonds. The predicted molar refractivity (Wildman–Crippen MR) is 88.5 cm³/mol. The highest BCUT2D eigenvalue weighted by atomic mass is 16.8. The summed E-state index contributed by atoms with van der Waals surface area (Å²) in [5, 5.41) is 30.2. The predicted octanol–water partition coefficient (Wildman–Crippen LogP) is 0.209. The van der Waals surface area contributed by atoms with E-state index in [9.17, 15) is 24.9 Å². The van der Waals surface area contributed by atoms with Crippen molar-refractivity contribution in [3.8, 4) is 0 Å². The quantitative estimate of drug-likeness (QED) is 0.399. The van der Waals surface area contributed by atoms with Crippen LogP contribution in [-0.4, -0.2) is 64.2 Å². The lowest BCUT2D eigenvalue weighted by molar-refractivity contribution is -0.136. The number of rotatable bonds is 9. The number of aliphatic hydroxyl groups is 3. The van der Waals surface area contributed by atoms with Gasteiger partial charge >= 0.3 is 0 Å². The van der Waals surface area contributed by atoms with E-state index < -0.39 is 42.2 Å². The molecule has 2 aliphatic heterocycles. The third-order valence-electron chi connectivity index (χ3n) is 5.13. The van der Waals surface area contributed by atoms with Crippen LogP contribution >= 0.6 is 0 Å². The molecule has 1 spiro atoms. The summed E-state index contributed by atoms with van der Waals surface area (Å²) in [6.07, 6.45) is 1.09. The number of Topliss-reactive ketones (excluding diaryl/α,β-unsaturated/α-hetero) is 2. The number of aliphatic hydroxyl groups excluding tert-OH is 3. The van der Waals surface area contributed by atoms with Crippen LogP contribution in [0.1, 0.15) is 33.6 Å². The van der Waals surface area contributed by atoms with Crippen LogP contribution in [0.2, 0.25) is 0 Å². The summed E-state index contributed by atoms with van der Waals surface area (Å²) in [5.74, 6) is -3.88. The van der Waals surface area contributed by atoms with Crippen LogP contribution < -0.4 is 0 Å². The fraction of sp³-hybridized carbons (Fsp3) is 0.778. The largest absolute Gasteiger partial charge is 0.396 e. The number of ketones is 2. The average molecular weight is 356 g/mol. The molecule has 2 fully saturated rings. The van der Waals surface area contributed by atoms with E-state index in [-0.39, 0.29) is 37.3 Å². The summed E-state index contributed by atoms with van der Waals surface area (Å²) in [5.41, 5.74) is 0. The molecule has 25 heavy (non-hydrogen) atoms. The molecule has 0 radical (unpaired) electrons. The van der Waals surface area contributed by atoms with Crippen molar-refractivity contribution in [1.29, 1.82) is 0 Å². The van der Waals surface area contributed by atoms with Gasteiger partial charge in [0.05, 0.1) is 31.2 Å². The first-order valence-corrected chi connectivity index (χ1v) is 8.79. The summed E-state index contributed by atoms with van der Waals surface area (Å²) in [7, 11) is 0. The molecule has 3 N–H and O–H groups in total. The Balaban J connectivity index is 2.04. The van der Waals surface area contributed by atoms with Gasteiger partial charge in [-0.2, -0.15) is 0 Å². The van der Waals surface area contributed by atoms with Crippen LogP contribution in [0.25, 0.3) is 0 Å². The molecule has 1 unspecified atom stereocenters. The molecule has 7 heteroatoms. The van der Waals surface area contributed by atoms with Crippen molar-refractivity contribution in [2.24, 2.45) is 17.8 Å². The van der Waals surface area contributed by atoms with E-state index in [0.29, 0.717) is 0 Å². The zero-order valence-corrected chi connectivity index (χ0v) is 14.9. The van der Waals surface area contributed by atoms with Crippen molar-refractivity contribution in [1.82, 2.24) is 0 Å². The first-order valence-electron chi connectivity index (χ1n) is 8.79. The van der Waals surface area contributed by atoms with Crippen LogP contribution in [0, 0.1) is 17.8 Å². The van der Waals surface area contributed by atoms with Gasteiger partial charge in [-0.05, 0) is 6.92 Å². The van der Waals surface area contributed by atoms with E-state index in [1.165, 1.54) is 0 Å². The van der Waals surface area contributed by atoms with E-state index in [4.69, 9.17) is 9.47 Å². The van der Waals surface area contributed by atoms with Crippen molar-refractivity contribution in [3.63, 3.8) is 0 Å². The maximum Gasteiger partial charge on any atom is 0.223 e. The Morgan fingerprint density at radius 3 is 2.64 bits per heavy atom.